The van der Waals surface area contributed by atoms with Crippen molar-refractivity contribution >= 4 is 23.4 Å². The zero-order valence-corrected chi connectivity index (χ0v) is 16.5. The molecule has 1 aromatic rings. The van der Waals surface area contributed by atoms with E-state index in [1.165, 1.54) is 4.90 Å². The molecule has 2 bridgehead atoms. The molecule has 0 spiro atoms. The molecule has 0 radical (unpaired) electrons. The van der Waals surface area contributed by atoms with Crippen molar-refractivity contribution in [3.8, 4) is 5.75 Å². The third kappa shape index (κ3) is 2.91. The molecule has 0 N–H and O–H groups in total. The maximum absolute atomic E-state index is 12.8. The van der Waals surface area contributed by atoms with Gasteiger partial charge in [0.1, 0.15) is 12.3 Å². The normalized spacial score (nSPS) is 30.3. The fourth-order valence-electron chi connectivity index (χ4n) is 5.38. The van der Waals surface area contributed by atoms with E-state index in [1.54, 1.807) is 12.0 Å². The highest BCUT2D eigenvalue weighted by Gasteiger charge is 2.59. The van der Waals surface area contributed by atoms with E-state index in [9.17, 15) is 14.4 Å². The van der Waals surface area contributed by atoms with Crippen LogP contribution in [0.3, 0.4) is 0 Å². The molecule has 7 heteroatoms. The monoisotopic (exact) mass is 395 g/mol. The Balaban J connectivity index is 1.20. The molecule has 3 fully saturated rings. The molecule has 2 aliphatic carbocycles. The van der Waals surface area contributed by atoms with E-state index in [1.807, 2.05) is 24.3 Å². The molecule has 4 unspecified atom stereocenters. The van der Waals surface area contributed by atoms with Crippen molar-refractivity contribution in [2.45, 2.75) is 6.42 Å². The molecule has 2 heterocycles. The second-order valence-electron chi connectivity index (χ2n) is 8.33. The molecule has 2 saturated heterocycles. The van der Waals surface area contributed by atoms with E-state index in [4.69, 9.17) is 4.74 Å². The van der Waals surface area contributed by atoms with E-state index in [2.05, 4.69) is 17.1 Å². The van der Waals surface area contributed by atoms with Gasteiger partial charge in [-0.25, -0.2) is 0 Å². The summed E-state index contributed by atoms with van der Waals surface area (Å²) in [6, 6.07) is 7.88. The van der Waals surface area contributed by atoms with Gasteiger partial charge in [0.2, 0.25) is 17.7 Å². The first-order valence-corrected chi connectivity index (χ1v) is 10.3. The molecule has 5 rings (SSSR count). The topological polar surface area (TPSA) is 70.2 Å². The molecule has 29 heavy (non-hydrogen) atoms. The van der Waals surface area contributed by atoms with Gasteiger partial charge in [-0.2, -0.15) is 0 Å². The summed E-state index contributed by atoms with van der Waals surface area (Å²) in [5.74, 6) is 0.227. The number of hydrogen-bond donors (Lipinski definition) is 0. The number of rotatable bonds is 4. The number of hydrogen-bond acceptors (Lipinski definition) is 5. The zero-order valence-electron chi connectivity index (χ0n) is 16.5. The first-order valence-electron chi connectivity index (χ1n) is 10.3. The predicted octanol–water partition coefficient (Wildman–Crippen LogP) is 1.15. The van der Waals surface area contributed by atoms with Gasteiger partial charge in [0.15, 0.2) is 0 Å². The molecule has 3 amide bonds. The molecule has 1 saturated carbocycles. The lowest BCUT2D eigenvalue weighted by Crippen LogP contribution is -2.52. The number of imide groups is 1. The molecule has 4 atom stereocenters. The number of piperazine rings is 1. The van der Waals surface area contributed by atoms with Crippen LogP contribution in [0.1, 0.15) is 6.42 Å². The first kappa shape index (κ1) is 18.2. The number of methoxy groups -OCH3 is 1. The Kier molecular flexibility index (Phi) is 4.33. The zero-order chi connectivity index (χ0) is 20.1. The minimum Gasteiger partial charge on any atom is -0.497 e. The van der Waals surface area contributed by atoms with Crippen LogP contribution in [0.2, 0.25) is 0 Å². The molecule has 0 aromatic heterocycles. The molecular formula is C22H25N3O4. The first-order chi connectivity index (χ1) is 14.1. The van der Waals surface area contributed by atoms with Crippen molar-refractivity contribution < 1.29 is 19.1 Å². The summed E-state index contributed by atoms with van der Waals surface area (Å²) in [4.78, 5) is 43.6. The van der Waals surface area contributed by atoms with Gasteiger partial charge in [-0.1, -0.05) is 18.2 Å². The fourth-order valence-corrected chi connectivity index (χ4v) is 5.38. The quantitative estimate of drug-likeness (QED) is 0.565. The average molecular weight is 395 g/mol. The van der Waals surface area contributed by atoms with E-state index < -0.39 is 0 Å². The number of anilines is 1. The van der Waals surface area contributed by atoms with Crippen LogP contribution >= 0.6 is 0 Å². The second-order valence-corrected chi connectivity index (χ2v) is 8.33. The van der Waals surface area contributed by atoms with Gasteiger partial charge in [-0.3, -0.25) is 19.3 Å². The molecule has 4 aliphatic rings. The van der Waals surface area contributed by atoms with E-state index in [0.717, 1.165) is 17.9 Å². The van der Waals surface area contributed by atoms with E-state index in [-0.39, 0.29) is 47.9 Å². The highest BCUT2D eigenvalue weighted by Crippen LogP contribution is 2.52. The third-order valence-electron chi connectivity index (χ3n) is 6.91. The lowest BCUT2D eigenvalue weighted by molar-refractivity contribution is -0.147. The van der Waals surface area contributed by atoms with Gasteiger partial charge in [0.25, 0.3) is 0 Å². The summed E-state index contributed by atoms with van der Waals surface area (Å²) in [5.41, 5.74) is 1.07. The number of nitrogens with zero attached hydrogens (tertiary/aromatic N) is 3. The van der Waals surface area contributed by atoms with Crippen molar-refractivity contribution in [3.63, 3.8) is 0 Å². The van der Waals surface area contributed by atoms with Crippen LogP contribution in [0.5, 0.6) is 5.75 Å². The number of allylic oxidation sites excluding steroid dienone is 2. The number of likely N-dealkylation sites (tertiary alicyclic amines) is 1. The Bertz CT molecular complexity index is 860. The van der Waals surface area contributed by atoms with Crippen LogP contribution in [-0.4, -0.2) is 67.4 Å². The van der Waals surface area contributed by atoms with Crippen LogP contribution in [0, 0.1) is 23.7 Å². The van der Waals surface area contributed by atoms with Gasteiger partial charge in [0, 0.05) is 37.9 Å². The number of fused-ring (bicyclic) bond motifs is 5. The number of benzene rings is 1. The van der Waals surface area contributed by atoms with Gasteiger partial charge >= 0.3 is 0 Å². The maximum atomic E-state index is 12.8. The lowest BCUT2D eigenvalue weighted by Gasteiger charge is -2.36. The standard InChI is InChI=1S/C22H25N3O4/c1-29-17-4-2-3-16(12-17)23-7-9-24(10-8-23)18(26)13-25-21(27)19-14-5-6-15(11-14)20(19)22(25)28/h2-6,12,14-15,19-20H,7-11,13H2,1H3. The Morgan fingerprint density at radius 3 is 2.31 bits per heavy atom. The van der Waals surface area contributed by atoms with Crippen molar-refractivity contribution in [1.29, 1.82) is 0 Å². The minimum atomic E-state index is -0.241. The highest BCUT2D eigenvalue weighted by molar-refractivity contribution is 6.08. The summed E-state index contributed by atoms with van der Waals surface area (Å²) < 4.78 is 5.29. The maximum Gasteiger partial charge on any atom is 0.242 e. The van der Waals surface area contributed by atoms with E-state index >= 15 is 0 Å². The van der Waals surface area contributed by atoms with Gasteiger partial charge in [-0.15, -0.1) is 0 Å². The molecule has 7 nitrogen and oxygen atoms in total. The number of amides is 3. The minimum absolute atomic E-state index is 0.122. The Labute approximate surface area is 169 Å². The number of ether oxygens (including phenoxy) is 1. The summed E-state index contributed by atoms with van der Waals surface area (Å²) in [6.07, 6.45) is 5.04. The molecule has 152 valence electrons. The summed E-state index contributed by atoms with van der Waals surface area (Å²) in [6.45, 7) is 2.45. The van der Waals surface area contributed by atoms with Crippen LogP contribution in [0.15, 0.2) is 36.4 Å². The summed E-state index contributed by atoms with van der Waals surface area (Å²) >= 11 is 0. The molecule has 1 aromatic carbocycles. The SMILES string of the molecule is COc1cccc(N2CCN(C(=O)CN3C(=O)C4C5C=CC(C5)C4C3=O)CC2)c1. The smallest absolute Gasteiger partial charge is 0.242 e. The lowest BCUT2D eigenvalue weighted by atomic mass is 9.85. The Morgan fingerprint density at radius 1 is 1.03 bits per heavy atom. The Hall–Kier alpha value is -2.83. The van der Waals surface area contributed by atoms with Crippen LogP contribution in [0.25, 0.3) is 0 Å². The predicted molar refractivity (Wildman–Crippen MR) is 106 cm³/mol. The Morgan fingerprint density at radius 2 is 1.69 bits per heavy atom. The summed E-state index contributed by atoms with van der Waals surface area (Å²) in [5, 5.41) is 0. The van der Waals surface area contributed by atoms with Crippen molar-refractivity contribution in [2.24, 2.45) is 23.7 Å². The second kappa shape index (κ2) is 6.90. The average Bonchev–Trinajstić information content (AvgIpc) is 3.44. The molecule has 2 aliphatic heterocycles. The summed E-state index contributed by atoms with van der Waals surface area (Å²) in [7, 11) is 1.65. The van der Waals surface area contributed by atoms with Gasteiger partial charge < -0.3 is 14.5 Å². The van der Waals surface area contributed by atoms with Crippen molar-refractivity contribution in [3.05, 3.63) is 36.4 Å². The van der Waals surface area contributed by atoms with Crippen LogP contribution in [0.4, 0.5) is 5.69 Å². The van der Waals surface area contributed by atoms with Crippen LogP contribution < -0.4 is 9.64 Å². The number of carbonyl (C=O) groups excluding carboxylic acids is 3. The fraction of sp³-hybridized carbons (Fsp3) is 0.500. The van der Waals surface area contributed by atoms with Crippen molar-refractivity contribution in [2.75, 3.05) is 44.7 Å². The third-order valence-corrected chi connectivity index (χ3v) is 6.91. The van der Waals surface area contributed by atoms with Gasteiger partial charge in [-0.05, 0) is 30.4 Å². The number of carbonyl (C=O) groups is 3. The van der Waals surface area contributed by atoms with Gasteiger partial charge in [0.05, 0.1) is 18.9 Å². The highest BCUT2D eigenvalue weighted by atomic mass is 16.5. The van der Waals surface area contributed by atoms with Crippen molar-refractivity contribution in [1.82, 2.24) is 9.80 Å². The molecular weight excluding hydrogens is 370 g/mol. The van der Waals surface area contributed by atoms with E-state index in [0.29, 0.717) is 26.2 Å². The van der Waals surface area contributed by atoms with Crippen LogP contribution in [-0.2, 0) is 14.4 Å². The largest absolute Gasteiger partial charge is 0.497 e.